The first-order valence-electron chi connectivity index (χ1n) is 9.39. The third-order valence-electron chi connectivity index (χ3n) is 5.33. The Balaban J connectivity index is 1.27. The molecule has 6 nitrogen and oxygen atoms in total. The average Bonchev–Trinajstić information content (AvgIpc) is 3.15. The number of amides is 1. The maximum atomic E-state index is 12.6. The summed E-state index contributed by atoms with van der Waals surface area (Å²) in [4.78, 5) is 16.2. The molecule has 25 heavy (non-hydrogen) atoms. The zero-order chi connectivity index (χ0) is 17.1. The van der Waals surface area contributed by atoms with Crippen molar-refractivity contribution in [2.45, 2.75) is 25.4 Å². The van der Waals surface area contributed by atoms with Crippen molar-refractivity contribution in [3.63, 3.8) is 0 Å². The molecule has 2 fully saturated rings. The van der Waals surface area contributed by atoms with Gasteiger partial charge in [-0.25, -0.2) is 0 Å². The summed E-state index contributed by atoms with van der Waals surface area (Å²) in [7, 11) is 0. The van der Waals surface area contributed by atoms with Crippen molar-refractivity contribution in [1.29, 1.82) is 0 Å². The highest BCUT2D eigenvalue weighted by Crippen LogP contribution is 2.30. The molecule has 0 radical (unpaired) electrons. The molecule has 3 aliphatic rings. The zero-order valence-electron chi connectivity index (χ0n) is 14.7. The topological polar surface area (TPSA) is 52.4 Å². The van der Waals surface area contributed by atoms with Crippen LogP contribution in [0.2, 0.25) is 0 Å². The van der Waals surface area contributed by atoms with Crippen molar-refractivity contribution in [2.75, 3.05) is 52.5 Å². The molecule has 6 heteroatoms. The maximum Gasteiger partial charge on any atom is 0.227 e. The molecule has 4 rings (SSSR count). The van der Waals surface area contributed by atoms with Gasteiger partial charge in [-0.3, -0.25) is 4.79 Å². The first kappa shape index (κ1) is 16.7. The van der Waals surface area contributed by atoms with Crippen molar-refractivity contribution >= 4 is 5.91 Å². The fourth-order valence-electron chi connectivity index (χ4n) is 3.89. The molecule has 0 saturated carbocycles. The number of fused-ring (bicyclic) bond motifs is 1. The fraction of sp³-hybridized carbons (Fsp3) is 0.632. The summed E-state index contributed by atoms with van der Waals surface area (Å²) in [6.45, 7) is 6.88. The molecule has 0 aliphatic carbocycles. The van der Waals surface area contributed by atoms with Gasteiger partial charge >= 0.3 is 0 Å². The predicted octanol–water partition coefficient (Wildman–Crippen LogP) is -0.0936. The molecule has 3 heterocycles. The number of ether oxygens (including phenoxy) is 3. The van der Waals surface area contributed by atoms with Crippen LogP contribution in [-0.2, 0) is 16.0 Å². The highest BCUT2D eigenvalue weighted by Gasteiger charge is 2.27. The average molecular weight is 347 g/mol. The molecule has 2 saturated heterocycles. The van der Waals surface area contributed by atoms with Gasteiger partial charge in [0.25, 0.3) is 0 Å². The second kappa shape index (κ2) is 7.62. The van der Waals surface area contributed by atoms with E-state index in [4.69, 9.17) is 14.2 Å². The van der Waals surface area contributed by atoms with Crippen LogP contribution in [0.4, 0.5) is 0 Å². The molecule has 1 aromatic carbocycles. The van der Waals surface area contributed by atoms with E-state index in [9.17, 15) is 4.79 Å². The smallest absolute Gasteiger partial charge is 0.227 e. The van der Waals surface area contributed by atoms with Gasteiger partial charge in [-0.05, 0) is 30.5 Å². The summed E-state index contributed by atoms with van der Waals surface area (Å²) in [6, 6.07) is 5.80. The van der Waals surface area contributed by atoms with E-state index >= 15 is 0 Å². The predicted molar refractivity (Wildman–Crippen MR) is 92.3 cm³/mol. The van der Waals surface area contributed by atoms with E-state index in [-0.39, 0.29) is 5.91 Å². The van der Waals surface area contributed by atoms with Crippen LogP contribution in [0.25, 0.3) is 0 Å². The Hall–Kier alpha value is -1.79. The minimum atomic E-state index is 0.202. The number of hydrogen-bond donors (Lipinski definition) is 1. The van der Waals surface area contributed by atoms with Gasteiger partial charge in [0, 0.05) is 6.61 Å². The van der Waals surface area contributed by atoms with Gasteiger partial charge in [-0.15, -0.1) is 0 Å². The number of nitrogens with zero attached hydrogens (tertiary/aromatic N) is 1. The monoisotopic (exact) mass is 347 g/mol. The summed E-state index contributed by atoms with van der Waals surface area (Å²) in [5.41, 5.74) is 0.989. The van der Waals surface area contributed by atoms with Crippen LogP contribution in [0.5, 0.6) is 11.5 Å². The number of carbonyl (C=O) groups excluding carboxylic acids is 1. The molecular formula is C19H27N2O4+. The third kappa shape index (κ3) is 4.07. The van der Waals surface area contributed by atoms with E-state index < -0.39 is 0 Å². The largest absolute Gasteiger partial charge is 0.486 e. The second-order valence-corrected chi connectivity index (χ2v) is 7.12. The van der Waals surface area contributed by atoms with Crippen LogP contribution in [0, 0.1) is 0 Å². The lowest BCUT2D eigenvalue weighted by Crippen LogP contribution is -3.15. The van der Waals surface area contributed by atoms with Crippen LogP contribution in [0.1, 0.15) is 18.4 Å². The number of nitrogens with one attached hydrogen (secondary N) is 1. The Bertz CT molecular complexity index is 607. The van der Waals surface area contributed by atoms with Crippen LogP contribution in [0.3, 0.4) is 0 Å². The lowest BCUT2D eigenvalue weighted by atomic mass is 10.1. The van der Waals surface area contributed by atoms with E-state index in [1.807, 2.05) is 23.1 Å². The Morgan fingerprint density at radius 1 is 1.12 bits per heavy atom. The Labute approximate surface area is 148 Å². The quantitative estimate of drug-likeness (QED) is 0.827. The number of quaternary nitrogens is 1. The van der Waals surface area contributed by atoms with Gasteiger partial charge in [0.2, 0.25) is 5.91 Å². The van der Waals surface area contributed by atoms with Crippen LogP contribution >= 0.6 is 0 Å². The minimum Gasteiger partial charge on any atom is -0.486 e. The van der Waals surface area contributed by atoms with Gasteiger partial charge in [-0.1, -0.05) is 6.07 Å². The first-order valence-corrected chi connectivity index (χ1v) is 9.39. The molecular weight excluding hydrogens is 320 g/mol. The molecule has 0 spiro atoms. The van der Waals surface area contributed by atoms with Crippen LogP contribution < -0.4 is 14.4 Å². The van der Waals surface area contributed by atoms with Gasteiger partial charge in [0.05, 0.1) is 32.6 Å². The summed E-state index contributed by atoms with van der Waals surface area (Å²) >= 11 is 0. The molecule has 1 atom stereocenters. The molecule has 136 valence electrons. The standard InChI is InChI=1S/C19H26N2O4/c22-19(13-15-3-4-17-18(12-15)25-11-10-24-17)21-7-5-20(6-8-21)14-16-2-1-9-23-16/h3-4,12,16H,1-2,5-11,13-14H2/p+1/t16-/m0/s1. The lowest BCUT2D eigenvalue weighted by Gasteiger charge is -2.33. The lowest BCUT2D eigenvalue weighted by molar-refractivity contribution is -0.906. The van der Waals surface area contributed by atoms with E-state index in [0.717, 1.165) is 56.4 Å². The normalized spacial score (nSPS) is 23.7. The summed E-state index contributed by atoms with van der Waals surface area (Å²) < 4.78 is 16.9. The number of rotatable bonds is 4. The first-order chi connectivity index (χ1) is 12.3. The van der Waals surface area contributed by atoms with E-state index in [2.05, 4.69) is 0 Å². The molecule has 1 N–H and O–H groups in total. The van der Waals surface area contributed by atoms with E-state index in [0.29, 0.717) is 25.7 Å². The molecule has 0 aromatic heterocycles. The minimum absolute atomic E-state index is 0.202. The summed E-state index contributed by atoms with van der Waals surface area (Å²) in [5.74, 6) is 1.73. The highest BCUT2D eigenvalue weighted by molar-refractivity contribution is 5.79. The van der Waals surface area contributed by atoms with Gasteiger partial charge in [0.15, 0.2) is 11.5 Å². The fourth-order valence-corrected chi connectivity index (χ4v) is 3.89. The van der Waals surface area contributed by atoms with Gasteiger partial charge < -0.3 is 24.0 Å². The van der Waals surface area contributed by atoms with Crippen molar-refractivity contribution < 1.29 is 23.9 Å². The molecule has 1 amide bonds. The second-order valence-electron chi connectivity index (χ2n) is 7.12. The van der Waals surface area contributed by atoms with Crippen LogP contribution in [-0.4, -0.2) is 69.5 Å². The van der Waals surface area contributed by atoms with Crippen LogP contribution in [0.15, 0.2) is 18.2 Å². The maximum absolute atomic E-state index is 12.6. The SMILES string of the molecule is O=C(Cc1ccc2c(c1)OCCO2)N1CC[NH+](C[C@@H]2CCCO2)CC1. The van der Waals surface area contributed by atoms with Crippen molar-refractivity contribution in [3.8, 4) is 11.5 Å². The third-order valence-corrected chi connectivity index (χ3v) is 5.33. The van der Waals surface area contributed by atoms with Crippen molar-refractivity contribution in [2.24, 2.45) is 0 Å². The molecule has 1 aromatic rings. The summed E-state index contributed by atoms with van der Waals surface area (Å²) in [5, 5.41) is 0. The molecule has 0 bridgehead atoms. The number of hydrogen-bond acceptors (Lipinski definition) is 4. The zero-order valence-corrected chi connectivity index (χ0v) is 14.7. The Kier molecular flexibility index (Phi) is 5.08. The highest BCUT2D eigenvalue weighted by atomic mass is 16.6. The van der Waals surface area contributed by atoms with Gasteiger partial charge in [-0.2, -0.15) is 0 Å². The Morgan fingerprint density at radius 3 is 2.68 bits per heavy atom. The molecule has 0 unspecified atom stereocenters. The van der Waals surface area contributed by atoms with E-state index in [1.54, 1.807) is 4.90 Å². The van der Waals surface area contributed by atoms with E-state index in [1.165, 1.54) is 12.8 Å². The van der Waals surface area contributed by atoms with Crippen molar-refractivity contribution in [1.82, 2.24) is 4.90 Å². The molecule has 3 aliphatic heterocycles. The van der Waals surface area contributed by atoms with Gasteiger partial charge in [0.1, 0.15) is 25.9 Å². The number of carbonyl (C=O) groups is 1. The summed E-state index contributed by atoms with van der Waals surface area (Å²) in [6.07, 6.45) is 3.24. The van der Waals surface area contributed by atoms with Crippen molar-refractivity contribution in [3.05, 3.63) is 23.8 Å². The Morgan fingerprint density at radius 2 is 1.92 bits per heavy atom. The number of benzene rings is 1. The number of piperazine rings is 1.